The molecule has 2 amide bonds. The van der Waals surface area contributed by atoms with E-state index in [-0.39, 0.29) is 31.0 Å². The molecule has 6 rings (SSSR count). The second kappa shape index (κ2) is 11.3. The average Bonchev–Trinajstić information content (AvgIpc) is 3.38. The zero-order chi connectivity index (χ0) is 29.5. The quantitative estimate of drug-likeness (QED) is 0.342. The van der Waals surface area contributed by atoms with Crippen LogP contribution >= 0.6 is 11.6 Å². The van der Waals surface area contributed by atoms with Crippen molar-refractivity contribution in [2.45, 2.75) is 45.7 Å². The third-order valence-electron chi connectivity index (χ3n) is 7.86. The number of nitrogens with zero attached hydrogens (tertiary/aromatic N) is 7. The molecule has 42 heavy (non-hydrogen) atoms. The Kier molecular flexibility index (Phi) is 7.54. The number of amides is 2. The first kappa shape index (κ1) is 28.0. The minimum absolute atomic E-state index is 0.134. The van der Waals surface area contributed by atoms with Gasteiger partial charge in [-0.3, -0.25) is 14.5 Å². The Hall–Kier alpha value is -4.09. The molecule has 0 bridgehead atoms. The number of likely N-dealkylation sites (tertiary alicyclic amines) is 1. The van der Waals surface area contributed by atoms with Gasteiger partial charge in [-0.25, -0.2) is 19.6 Å². The molecule has 0 spiro atoms. The Bertz CT molecular complexity index is 1660. The molecule has 0 atom stereocenters. The molecule has 1 aromatic carbocycles. The molecule has 2 N–H and O–H groups in total. The third kappa shape index (κ3) is 5.30. The van der Waals surface area contributed by atoms with Gasteiger partial charge in [-0.2, -0.15) is 5.10 Å². The van der Waals surface area contributed by atoms with Gasteiger partial charge in [-0.15, -0.1) is 0 Å². The molecule has 5 heterocycles. The lowest BCUT2D eigenvalue weighted by molar-refractivity contribution is -0.121. The number of hydrogen-bond donors (Lipinski definition) is 1. The van der Waals surface area contributed by atoms with Crippen LogP contribution in [-0.4, -0.2) is 68.2 Å². The van der Waals surface area contributed by atoms with Crippen LogP contribution in [0.15, 0.2) is 36.8 Å². The number of piperidine rings is 1. The summed E-state index contributed by atoms with van der Waals surface area (Å²) in [7, 11) is 2.13. The van der Waals surface area contributed by atoms with Gasteiger partial charge < -0.3 is 15.4 Å². The summed E-state index contributed by atoms with van der Waals surface area (Å²) in [5, 5.41) is 5.97. The molecule has 0 radical (unpaired) electrons. The van der Waals surface area contributed by atoms with Crippen molar-refractivity contribution < 1.29 is 14.3 Å². The van der Waals surface area contributed by atoms with Gasteiger partial charge >= 0.3 is 0 Å². The summed E-state index contributed by atoms with van der Waals surface area (Å²) in [6, 6.07) is 5.76. The standard InChI is InChI=1S/C30H33ClN8O3/c1-17(2)10-22-28(29(32)41)27(21-14-35-39(30(21)36-22)20-6-8-37(3)9-7-20)18-4-5-23-24(11-18)42-16-26(40)38(23)15-25-33-12-19(31)13-34-25/h4-5,11-14,17,20H,6-10,15-16H2,1-3H3,(H2,32,41). The Morgan fingerprint density at radius 2 is 1.90 bits per heavy atom. The van der Waals surface area contributed by atoms with Gasteiger partial charge in [0, 0.05) is 23.3 Å². The van der Waals surface area contributed by atoms with Crippen molar-refractivity contribution in [3.63, 3.8) is 0 Å². The molecule has 1 saturated heterocycles. The van der Waals surface area contributed by atoms with Gasteiger partial charge in [-0.1, -0.05) is 31.5 Å². The van der Waals surface area contributed by atoms with Crippen molar-refractivity contribution in [3.05, 3.63) is 58.9 Å². The van der Waals surface area contributed by atoms with Crippen molar-refractivity contribution in [1.82, 2.24) is 29.6 Å². The molecule has 0 unspecified atom stereocenters. The van der Waals surface area contributed by atoms with E-state index >= 15 is 0 Å². The average molecular weight is 589 g/mol. The van der Waals surface area contributed by atoms with Crippen LogP contribution in [0.2, 0.25) is 5.02 Å². The normalized spacial score (nSPS) is 16.2. The fraction of sp³-hybridized carbons (Fsp3) is 0.400. The van der Waals surface area contributed by atoms with E-state index in [1.54, 1.807) is 11.1 Å². The number of nitrogens with two attached hydrogens (primary N) is 1. The van der Waals surface area contributed by atoms with Crippen molar-refractivity contribution in [1.29, 1.82) is 0 Å². The number of fused-ring (bicyclic) bond motifs is 2. The summed E-state index contributed by atoms with van der Waals surface area (Å²) in [4.78, 5) is 43.3. The Labute approximate surface area is 248 Å². The summed E-state index contributed by atoms with van der Waals surface area (Å²) in [6.07, 6.45) is 7.31. The number of pyridine rings is 1. The number of aromatic nitrogens is 5. The minimum Gasteiger partial charge on any atom is -0.482 e. The number of halogens is 1. The molecule has 2 aliphatic heterocycles. The number of carbonyl (C=O) groups is 2. The molecule has 12 heteroatoms. The monoisotopic (exact) mass is 588 g/mol. The number of rotatable bonds is 7. The van der Waals surface area contributed by atoms with E-state index in [0.29, 0.717) is 45.5 Å². The second-order valence-corrected chi connectivity index (χ2v) is 11.8. The zero-order valence-corrected chi connectivity index (χ0v) is 24.6. The molecule has 2 aliphatic rings. The fourth-order valence-electron chi connectivity index (χ4n) is 5.81. The van der Waals surface area contributed by atoms with Gasteiger partial charge in [0.1, 0.15) is 11.6 Å². The molecule has 1 fully saturated rings. The molecule has 218 valence electrons. The number of benzene rings is 1. The van der Waals surface area contributed by atoms with Crippen LogP contribution < -0.4 is 15.4 Å². The molecule has 3 aromatic heterocycles. The Morgan fingerprint density at radius 1 is 1.17 bits per heavy atom. The predicted molar refractivity (Wildman–Crippen MR) is 160 cm³/mol. The van der Waals surface area contributed by atoms with Gasteiger partial charge in [0.15, 0.2) is 12.3 Å². The van der Waals surface area contributed by atoms with Crippen LogP contribution in [0.1, 0.15) is 54.6 Å². The first-order valence-corrected chi connectivity index (χ1v) is 14.5. The number of anilines is 1. The van der Waals surface area contributed by atoms with Crippen molar-refractivity contribution in [2.75, 3.05) is 31.6 Å². The van der Waals surface area contributed by atoms with E-state index in [1.807, 2.05) is 22.9 Å². The number of carbonyl (C=O) groups excluding carboxylic acids is 2. The SMILES string of the molecule is CC(C)Cc1nc2c(cnn2C2CCN(C)CC2)c(-c2ccc3c(c2)OCC(=O)N3Cc2ncc(Cl)cn2)c1C(N)=O. The highest BCUT2D eigenvalue weighted by Crippen LogP contribution is 2.41. The second-order valence-electron chi connectivity index (χ2n) is 11.4. The summed E-state index contributed by atoms with van der Waals surface area (Å²) in [6.45, 7) is 6.18. The molecular weight excluding hydrogens is 556 g/mol. The summed E-state index contributed by atoms with van der Waals surface area (Å²) in [5.41, 5.74) is 9.83. The van der Waals surface area contributed by atoms with Crippen molar-refractivity contribution >= 4 is 40.1 Å². The lowest BCUT2D eigenvalue weighted by atomic mass is 9.92. The van der Waals surface area contributed by atoms with Crippen LogP contribution in [0.25, 0.3) is 22.2 Å². The lowest BCUT2D eigenvalue weighted by Crippen LogP contribution is -2.38. The highest BCUT2D eigenvalue weighted by molar-refractivity contribution is 6.30. The highest BCUT2D eigenvalue weighted by Gasteiger charge is 2.30. The van der Waals surface area contributed by atoms with E-state index in [4.69, 9.17) is 32.2 Å². The van der Waals surface area contributed by atoms with E-state index in [1.165, 1.54) is 12.4 Å². The van der Waals surface area contributed by atoms with Crippen molar-refractivity contribution in [3.8, 4) is 16.9 Å². The lowest BCUT2D eigenvalue weighted by Gasteiger charge is -2.30. The molecule has 0 saturated carbocycles. The highest BCUT2D eigenvalue weighted by atomic mass is 35.5. The van der Waals surface area contributed by atoms with E-state index in [9.17, 15) is 9.59 Å². The maximum Gasteiger partial charge on any atom is 0.265 e. The number of ether oxygens (including phenoxy) is 1. The van der Waals surface area contributed by atoms with Gasteiger partial charge in [0.05, 0.1) is 40.8 Å². The molecule has 0 aliphatic carbocycles. The van der Waals surface area contributed by atoms with Crippen molar-refractivity contribution in [2.24, 2.45) is 11.7 Å². The number of hydrogen-bond acceptors (Lipinski definition) is 8. The Balaban J connectivity index is 1.48. The van der Waals surface area contributed by atoms with Crippen LogP contribution in [0.5, 0.6) is 5.75 Å². The topological polar surface area (TPSA) is 132 Å². The summed E-state index contributed by atoms with van der Waals surface area (Å²) < 4.78 is 7.91. The third-order valence-corrected chi connectivity index (χ3v) is 8.06. The maximum atomic E-state index is 13.0. The molecule has 4 aromatic rings. The van der Waals surface area contributed by atoms with Gasteiger partial charge in [0.25, 0.3) is 11.8 Å². The van der Waals surface area contributed by atoms with Crippen LogP contribution in [-0.2, 0) is 17.8 Å². The molecular formula is C30H33ClN8O3. The molecule has 11 nitrogen and oxygen atoms in total. The summed E-state index contributed by atoms with van der Waals surface area (Å²) >= 11 is 5.94. The minimum atomic E-state index is -0.544. The predicted octanol–water partition coefficient (Wildman–Crippen LogP) is 4.03. The first-order valence-electron chi connectivity index (χ1n) is 14.1. The van der Waals surface area contributed by atoms with Crippen LogP contribution in [0.4, 0.5) is 5.69 Å². The Morgan fingerprint density at radius 3 is 2.60 bits per heavy atom. The van der Waals surface area contributed by atoms with E-state index < -0.39 is 5.91 Å². The first-order chi connectivity index (χ1) is 20.2. The smallest absolute Gasteiger partial charge is 0.265 e. The maximum absolute atomic E-state index is 13.0. The van der Waals surface area contributed by atoms with Crippen LogP contribution in [0, 0.1) is 5.92 Å². The van der Waals surface area contributed by atoms with E-state index in [0.717, 1.165) is 42.5 Å². The summed E-state index contributed by atoms with van der Waals surface area (Å²) in [5.74, 6) is 0.460. The van der Waals surface area contributed by atoms with E-state index in [2.05, 4.69) is 35.8 Å². The number of primary amides is 1. The largest absolute Gasteiger partial charge is 0.482 e. The fourth-order valence-corrected chi connectivity index (χ4v) is 5.91. The van der Waals surface area contributed by atoms with Gasteiger partial charge in [0.2, 0.25) is 0 Å². The van der Waals surface area contributed by atoms with Crippen LogP contribution in [0.3, 0.4) is 0 Å². The zero-order valence-electron chi connectivity index (χ0n) is 23.9. The van der Waals surface area contributed by atoms with Gasteiger partial charge in [-0.05, 0) is 63.0 Å².